The minimum Gasteiger partial charge on any atom is -0.496 e. The Kier molecular flexibility index (Phi) is 5.59. The van der Waals surface area contributed by atoms with Gasteiger partial charge < -0.3 is 14.8 Å². The summed E-state index contributed by atoms with van der Waals surface area (Å²) in [6, 6.07) is 10.4. The van der Waals surface area contributed by atoms with Gasteiger partial charge in [0.2, 0.25) is 0 Å². The fourth-order valence-corrected chi connectivity index (χ4v) is 2.44. The molecule has 0 spiro atoms. The average Bonchev–Trinajstić information content (AvgIpc) is 2.45. The van der Waals surface area contributed by atoms with Crippen LogP contribution in [0.3, 0.4) is 0 Å². The molecule has 2 rings (SSSR count). The van der Waals surface area contributed by atoms with Crippen molar-refractivity contribution in [2.45, 2.75) is 13.2 Å². The lowest BCUT2D eigenvalue weighted by atomic mass is 10.2. The Bertz CT molecular complexity index is 619. The molecule has 0 unspecified atom stereocenters. The molecular formula is C16H17BrFNO2. The van der Waals surface area contributed by atoms with Crippen molar-refractivity contribution in [1.82, 2.24) is 5.32 Å². The van der Waals surface area contributed by atoms with Crippen LogP contribution in [-0.4, -0.2) is 14.2 Å². The van der Waals surface area contributed by atoms with E-state index in [9.17, 15) is 4.39 Å². The normalized spacial score (nSPS) is 10.5. The van der Waals surface area contributed by atoms with E-state index >= 15 is 0 Å². The maximum absolute atomic E-state index is 13.5. The number of benzene rings is 2. The summed E-state index contributed by atoms with van der Waals surface area (Å²) in [5.41, 5.74) is 1.74. The minimum absolute atomic E-state index is 0.307. The summed E-state index contributed by atoms with van der Waals surface area (Å²) in [6.07, 6.45) is 0. The number of rotatable bonds is 6. The Morgan fingerprint density at radius 2 is 2.00 bits per heavy atom. The molecule has 0 bridgehead atoms. The number of hydrogen-bond acceptors (Lipinski definition) is 3. The molecule has 3 nitrogen and oxygen atoms in total. The van der Waals surface area contributed by atoms with Gasteiger partial charge in [0.05, 0.1) is 7.11 Å². The van der Waals surface area contributed by atoms with E-state index < -0.39 is 0 Å². The van der Waals surface area contributed by atoms with Crippen molar-refractivity contribution in [3.05, 3.63) is 57.8 Å². The molecular weight excluding hydrogens is 337 g/mol. The summed E-state index contributed by atoms with van der Waals surface area (Å²) in [6.45, 7) is 0.902. The molecule has 0 amide bonds. The maximum atomic E-state index is 13.5. The molecule has 2 aromatic rings. The summed E-state index contributed by atoms with van der Waals surface area (Å²) >= 11 is 3.42. The van der Waals surface area contributed by atoms with Gasteiger partial charge in [-0.1, -0.05) is 15.9 Å². The van der Waals surface area contributed by atoms with Gasteiger partial charge in [-0.15, -0.1) is 0 Å². The van der Waals surface area contributed by atoms with Crippen molar-refractivity contribution in [3.63, 3.8) is 0 Å². The smallest absolute Gasteiger partial charge is 0.127 e. The molecule has 2 aromatic carbocycles. The molecule has 0 aliphatic carbocycles. The van der Waals surface area contributed by atoms with Gasteiger partial charge in [0.15, 0.2) is 0 Å². The molecule has 0 aliphatic heterocycles. The van der Waals surface area contributed by atoms with Crippen molar-refractivity contribution in [2.24, 2.45) is 0 Å². The summed E-state index contributed by atoms with van der Waals surface area (Å²) in [5.74, 6) is 0.936. The highest BCUT2D eigenvalue weighted by Crippen LogP contribution is 2.25. The van der Waals surface area contributed by atoms with E-state index in [4.69, 9.17) is 9.47 Å². The highest BCUT2D eigenvalue weighted by molar-refractivity contribution is 9.10. The van der Waals surface area contributed by atoms with Crippen molar-refractivity contribution < 1.29 is 13.9 Å². The highest BCUT2D eigenvalue weighted by atomic mass is 79.9. The topological polar surface area (TPSA) is 30.5 Å². The third-order valence-electron chi connectivity index (χ3n) is 2.95. The molecule has 0 aromatic heterocycles. The van der Waals surface area contributed by atoms with Crippen LogP contribution in [0.25, 0.3) is 0 Å². The van der Waals surface area contributed by atoms with Crippen LogP contribution in [-0.2, 0) is 13.2 Å². The Morgan fingerprint density at radius 1 is 1.19 bits per heavy atom. The van der Waals surface area contributed by atoms with Crippen molar-refractivity contribution in [3.8, 4) is 11.5 Å². The SMILES string of the molecule is CNCc1cc(F)cc(OCc2cc(Br)ccc2OC)c1. The Hall–Kier alpha value is -1.59. The Balaban J connectivity index is 2.14. The largest absolute Gasteiger partial charge is 0.496 e. The first kappa shape index (κ1) is 15.8. The molecule has 0 fully saturated rings. The van der Waals surface area contributed by atoms with E-state index in [2.05, 4.69) is 21.2 Å². The highest BCUT2D eigenvalue weighted by Gasteiger charge is 2.06. The number of halogens is 2. The standard InChI is InChI=1S/C16H17BrFNO2/c1-19-9-11-5-14(18)8-15(6-11)21-10-12-7-13(17)3-4-16(12)20-2/h3-8,19H,9-10H2,1-2H3. The van der Waals surface area contributed by atoms with Gasteiger partial charge in [0.25, 0.3) is 0 Å². The monoisotopic (exact) mass is 353 g/mol. The van der Waals surface area contributed by atoms with Crippen LogP contribution in [0, 0.1) is 5.82 Å². The zero-order chi connectivity index (χ0) is 15.2. The van der Waals surface area contributed by atoms with E-state index in [1.807, 2.05) is 31.3 Å². The van der Waals surface area contributed by atoms with Gasteiger partial charge in [0, 0.05) is 22.6 Å². The Labute approximate surface area is 132 Å². The summed E-state index contributed by atoms with van der Waals surface area (Å²) in [5, 5.41) is 2.99. The number of methoxy groups -OCH3 is 1. The van der Waals surface area contributed by atoms with Gasteiger partial charge in [-0.3, -0.25) is 0 Å². The molecule has 0 atom stereocenters. The van der Waals surface area contributed by atoms with Crippen LogP contribution >= 0.6 is 15.9 Å². The lowest BCUT2D eigenvalue weighted by Crippen LogP contribution is -2.06. The van der Waals surface area contributed by atoms with Gasteiger partial charge in [-0.2, -0.15) is 0 Å². The van der Waals surface area contributed by atoms with E-state index in [-0.39, 0.29) is 5.82 Å². The van der Waals surface area contributed by atoms with Gasteiger partial charge >= 0.3 is 0 Å². The third kappa shape index (κ3) is 4.44. The van der Waals surface area contributed by atoms with Crippen molar-refractivity contribution in [1.29, 1.82) is 0 Å². The second-order valence-electron chi connectivity index (χ2n) is 4.57. The molecule has 0 aliphatic rings. The predicted molar refractivity (Wildman–Crippen MR) is 84.2 cm³/mol. The zero-order valence-corrected chi connectivity index (χ0v) is 13.5. The van der Waals surface area contributed by atoms with Crippen molar-refractivity contribution >= 4 is 15.9 Å². The van der Waals surface area contributed by atoms with Crippen LogP contribution in [0.2, 0.25) is 0 Å². The fraction of sp³-hybridized carbons (Fsp3) is 0.250. The lowest BCUT2D eigenvalue weighted by Gasteiger charge is -2.12. The van der Waals surface area contributed by atoms with Crippen LogP contribution < -0.4 is 14.8 Å². The maximum Gasteiger partial charge on any atom is 0.127 e. The number of nitrogens with one attached hydrogen (secondary N) is 1. The van der Waals surface area contributed by atoms with Crippen LogP contribution in [0.5, 0.6) is 11.5 Å². The first-order chi connectivity index (χ1) is 10.1. The molecule has 0 radical (unpaired) electrons. The zero-order valence-electron chi connectivity index (χ0n) is 12.0. The first-order valence-corrected chi connectivity index (χ1v) is 7.31. The summed E-state index contributed by atoms with van der Waals surface area (Å²) in [4.78, 5) is 0. The second-order valence-corrected chi connectivity index (χ2v) is 5.49. The third-order valence-corrected chi connectivity index (χ3v) is 3.44. The molecule has 0 saturated carbocycles. The number of hydrogen-bond donors (Lipinski definition) is 1. The van der Waals surface area contributed by atoms with E-state index in [0.29, 0.717) is 18.9 Å². The molecule has 0 heterocycles. The molecule has 21 heavy (non-hydrogen) atoms. The first-order valence-electron chi connectivity index (χ1n) is 6.51. The van der Waals surface area contributed by atoms with Crippen LogP contribution in [0.1, 0.15) is 11.1 Å². The van der Waals surface area contributed by atoms with E-state index in [1.165, 1.54) is 12.1 Å². The van der Waals surface area contributed by atoms with Crippen LogP contribution in [0.4, 0.5) is 4.39 Å². The second kappa shape index (κ2) is 7.43. The van der Waals surface area contributed by atoms with E-state index in [1.54, 1.807) is 7.11 Å². The molecule has 0 saturated heterocycles. The van der Waals surface area contributed by atoms with Crippen LogP contribution in [0.15, 0.2) is 40.9 Å². The van der Waals surface area contributed by atoms with Crippen molar-refractivity contribution in [2.75, 3.05) is 14.2 Å². The summed E-state index contributed by atoms with van der Waals surface area (Å²) < 4.78 is 25.5. The van der Waals surface area contributed by atoms with Gasteiger partial charge in [-0.25, -0.2) is 4.39 Å². The fourth-order valence-electron chi connectivity index (χ4n) is 2.03. The minimum atomic E-state index is -0.307. The Morgan fingerprint density at radius 3 is 2.71 bits per heavy atom. The lowest BCUT2D eigenvalue weighted by molar-refractivity contribution is 0.295. The molecule has 112 valence electrons. The number of ether oxygens (including phenoxy) is 2. The predicted octanol–water partition coefficient (Wildman–Crippen LogP) is 3.90. The van der Waals surface area contributed by atoms with Gasteiger partial charge in [-0.05, 0) is 42.9 Å². The molecule has 1 N–H and O–H groups in total. The van der Waals surface area contributed by atoms with Gasteiger partial charge in [0.1, 0.15) is 23.9 Å². The summed E-state index contributed by atoms with van der Waals surface area (Å²) in [7, 11) is 3.43. The average molecular weight is 354 g/mol. The quantitative estimate of drug-likeness (QED) is 0.854. The van der Waals surface area contributed by atoms with E-state index in [0.717, 1.165) is 21.3 Å². The molecule has 5 heteroatoms.